The second kappa shape index (κ2) is 18.9. The van der Waals surface area contributed by atoms with Crippen LogP contribution in [0.2, 0.25) is 0 Å². The van der Waals surface area contributed by atoms with Gasteiger partial charge in [-0.25, -0.2) is 87.8 Å². The average Bonchev–Trinajstić information content (AvgIpc) is 3.31. The first kappa shape index (κ1) is 50.1. The van der Waals surface area contributed by atoms with Gasteiger partial charge in [0, 0.05) is 5.56 Å². The van der Waals surface area contributed by atoms with Crippen molar-refractivity contribution in [2.75, 3.05) is 18.5 Å². The van der Waals surface area contributed by atoms with E-state index in [0.29, 0.717) is 6.16 Å². The van der Waals surface area contributed by atoms with Gasteiger partial charge in [-0.1, -0.05) is 48.5 Å². The molecule has 6 aromatic carbocycles. The summed E-state index contributed by atoms with van der Waals surface area (Å²) < 4.78 is 294. The van der Waals surface area contributed by atoms with Crippen LogP contribution in [0.25, 0.3) is 0 Å². The van der Waals surface area contributed by atoms with Crippen molar-refractivity contribution in [2.45, 2.75) is 13.8 Å². The fraction of sp³-hybridized carbons (Fsp3) is 0.119. The second-order valence-electron chi connectivity index (χ2n) is 13.9. The number of rotatable bonds is 10. The SMILES string of the molecule is CC[P+](CC)(CC(=O)c1ccccc1)c1ccccc1.Fc1c(F)c(F)c([B-](c2c(F)c(F)c(F)c(F)c2F)(c2c(F)c(F)c(F)c(F)c2F)c2c(F)c(F)c(F)c(F)c2F)c(F)c1F. The zero-order valence-electron chi connectivity index (χ0n) is 32.4. The van der Waals surface area contributed by atoms with E-state index in [1.54, 1.807) is 0 Å². The van der Waals surface area contributed by atoms with Crippen LogP contribution >= 0.6 is 7.26 Å². The summed E-state index contributed by atoms with van der Waals surface area (Å²) in [5.41, 5.74) is -13.5. The number of carbonyl (C=O) groups is 1. The molecule has 0 amide bonds. The Morgan fingerprint density at radius 1 is 0.354 bits per heavy atom. The second-order valence-corrected chi connectivity index (χ2v) is 18.2. The molecule has 0 spiro atoms. The molecule has 0 aromatic heterocycles. The molecule has 0 atom stereocenters. The maximum absolute atomic E-state index is 15.4. The highest BCUT2D eigenvalue weighted by atomic mass is 31.2. The van der Waals surface area contributed by atoms with Crippen LogP contribution in [0, 0.1) is 116 Å². The molecule has 0 radical (unpaired) electrons. The van der Waals surface area contributed by atoms with Crippen LogP contribution in [0.15, 0.2) is 60.7 Å². The van der Waals surface area contributed by atoms with Crippen LogP contribution < -0.4 is 27.2 Å². The summed E-state index contributed by atoms with van der Waals surface area (Å²) in [5, 5.41) is 1.38. The molecule has 0 fully saturated rings. The van der Waals surface area contributed by atoms with Crippen LogP contribution in [0.4, 0.5) is 87.8 Å². The number of hydrogen-bond acceptors (Lipinski definition) is 1. The van der Waals surface area contributed by atoms with Crippen molar-refractivity contribution in [3.8, 4) is 0 Å². The molecule has 6 aromatic rings. The van der Waals surface area contributed by atoms with Gasteiger partial charge < -0.3 is 0 Å². The average molecular weight is 964 g/mol. The van der Waals surface area contributed by atoms with Crippen molar-refractivity contribution in [3.63, 3.8) is 0 Å². The first-order chi connectivity index (χ1) is 30.4. The van der Waals surface area contributed by atoms with Gasteiger partial charge >= 0.3 is 0 Å². The topological polar surface area (TPSA) is 17.1 Å². The van der Waals surface area contributed by atoms with E-state index in [2.05, 4.69) is 38.1 Å². The Balaban J connectivity index is 0.000000330. The monoisotopic (exact) mass is 964 g/mol. The smallest absolute Gasteiger partial charge is 0.200 e. The van der Waals surface area contributed by atoms with E-state index in [-0.39, 0.29) is 5.78 Å². The van der Waals surface area contributed by atoms with E-state index in [4.69, 9.17) is 0 Å². The molecule has 0 heterocycles. The predicted molar refractivity (Wildman–Crippen MR) is 199 cm³/mol. The zero-order valence-corrected chi connectivity index (χ0v) is 33.3. The van der Waals surface area contributed by atoms with Crippen molar-refractivity contribution in [2.24, 2.45) is 0 Å². The lowest BCUT2D eigenvalue weighted by Crippen LogP contribution is -2.81. The number of benzene rings is 6. The van der Waals surface area contributed by atoms with E-state index in [1.807, 2.05) is 36.4 Å². The Kier molecular flexibility index (Phi) is 14.6. The Morgan fingerprint density at radius 2 is 0.569 bits per heavy atom. The summed E-state index contributed by atoms with van der Waals surface area (Å²) in [6.45, 7) is 4.45. The number of Topliss-reactive ketones (excluding diaryl/α,β-unsaturated/α-hetero) is 1. The van der Waals surface area contributed by atoms with Gasteiger partial charge in [0.05, 0.1) is 24.9 Å². The Bertz CT molecular complexity index is 2460. The van der Waals surface area contributed by atoms with Crippen molar-refractivity contribution >= 4 is 46.3 Å². The number of halogens is 20. The highest BCUT2D eigenvalue weighted by Gasteiger charge is 2.52. The molecule has 0 aliphatic heterocycles. The van der Waals surface area contributed by atoms with E-state index in [1.165, 1.54) is 5.30 Å². The number of ketones is 1. The third kappa shape index (κ3) is 8.00. The summed E-state index contributed by atoms with van der Waals surface area (Å²) in [6.07, 6.45) is -4.35. The van der Waals surface area contributed by atoms with Crippen molar-refractivity contribution in [3.05, 3.63) is 183 Å². The molecule has 344 valence electrons. The molecule has 0 aliphatic rings. The fourth-order valence-electron chi connectivity index (χ4n) is 7.51. The molecule has 65 heavy (non-hydrogen) atoms. The summed E-state index contributed by atoms with van der Waals surface area (Å²) in [6, 6.07) is 20.3. The first-order valence-corrected chi connectivity index (χ1v) is 20.5. The molecule has 1 nitrogen and oxygen atoms in total. The van der Waals surface area contributed by atoms with Crippen LogP contribution in [0.1, 0.15) is 24.2 Å². The lowest BCUT2D eigenvalue weighted by molar-refractivity contribution is 0.102. The third-order valence-corrected chi connectivity index (χ3v) is 15.5. The van der Waals surface area contributed by atoms with Crippen LogP contribution in [0.3, 0.4) is 0 Å². The van der Waals surface area contributed by atoms with Gasteiger partial charge in [0.15, 0.2) is 75.6 Å². The van der Waals surface area contributed by atoms with E-state index < -0.39 is 152 Å². The molecule has 0 unspecified atom stereocenters. The van der Waals surface area contributed by atoms with Gasteiger partial charge in [-0.05, 0) is 26.0 Å². The first-order valence-electron chi connectivity index (χ1n) is 18.1. The molecular formula is C42H22BF20OP. The van der Waals surface area contributed by atoms with Gasteiger partial charge in [0.2, 0.25) is 0 Å². The predicted octanol–water partition coefficient (Wildman–Crippen LogP) is 10.1. The molecule has 0 aliphatic carbocycles. The number of carbonyl (C=O) groups excluding carboxylic acids is 1. The normalized spacial score (nSPS) is 11.8. The molecule has 0 saturated heterocycles. The third-order valence-electron chi connectivity index (χ3n) is 10.8. The van der Waals surface area contributed by atoms with Crippen molar-refractivity contribution in [1.29, 1.82) is 0 Å². The molecule has 23 heteroatoms. The Morgan fingerprint density at radius 3 is 0.800 bits per heavy atom. The minimum atomic E-state index is -7.22. The van der Waals surface area contributed by atoms with Gasteiger partial charge in [0.1, 0.15) is 58.8 Å². The van der Waals surface area contributed by atoms with Crippen LogP contribution in [0.5, 0.6) is 0 Å². The van der Waals surface area contributed by atoms with Crippen molar-refractivity contribution < 1.29 is 92.6 Å². The Hall–Kier alpha value is -5.92. The zero-order chi connectivity index (χ0) is 48.8. The summed E-state index contributed by atoms with van der Waals surface area (Å²) in [7, 11) is -1.38. The minimum Gasteiger partial charge on any atom is -0.290 e. The highest BCUT2D eigenvalue weighted by Crippen LogP contribution is 2.57. The standard InChI is InChI=1S/C24BF20.C18H22OP/c26-5-1(6(27)14(35)21(42)13(5)34)25(2-7(28)15(36)22(43)16(37)8(2)29,3-9(30)17(38)23(44)18(39)10(3)31)4-11(32)19(40)24(45)20(41)12(4)33;1-3-20(4-2,17-13-9-6-10-14-17)15-18(19)16-11-7-5-8-12-16/h;5-14H,3-4,15H2,1-2H3/q-1;+1. The van der Waals surface area contributed by atoms with E-state index in [0.717, 1.165) is 17.9 Å². The molecule has 0 saturated carbocycles. The highest BCUT2D eigenvalue weighted by molar-refractivity contribution is 7.83. The number of hydrogen-bond donors (Lipinski definition) is 0. The van der Waals surface area contributed by atoms with Crippen LogP contribution in [-0.2, 0) is 0 Å². The van der Waals surface area contributed by atoms with E-state index >= 15 is 35.1 Å². The van der Waals surface area contributed by atoms with Gasteiger partial charge in [-0.15, -0.1) is 21.9 Å². The van der Waals surface area contributed by atoms with Gasteiger partial charge in [-0.3, -0.25) is 4.79 Å². The van der Waals surface area contributed by atoms with Crippen LogP contribution in [-0.4, -0.2) is 30.4 Å². The largest absolute Gasteiger partial charge is 0.290 e. The molecule has 6 rings (SSSR count). The quantitative estimate of drug-likeness (QED) is 0.0334. The van der Waals surface area contributed by atoms with Crippen molar-refractivity contribution in [1.82, 2.24) is 0 Å². The summed E-state index contributed by atoms with van der Waals surface area (Å²) >= 11 is 0. The summed E-state index contributed by atoms with van der Waals surface area (Å²) in [5.74, 6) is -71.1. The fourth-order valence-corrected chi connectivity index (χ4v) is 10.9. The molecule has 0 N–H and O–H groups in total. The maximum atomic E-state index is 15.4. The lowest BCUT2D eigenvalue weighted by Gasteiger charge is -2.44. The van der Waals surface area contributed by atoms with Gasteiger partial charge in [0.25, 0.3) is 0 Å². The summed E-state index contributed by atoms with van der Waals surface area (Å²) in [4.78, 5) is 12.6. The van der Waals surface area contributed by atoms with E-state index in [9.17, 15) is 57.5 Å². The van der Waals surface area contributed by atoms with Gasteiger partial charge in [-0.2, -0.15) is 0 Å². The lowest BCUT2D eigenvalue weighted by atomic mass is 9.12. The Labute approximate surface area is 353 Å². The minimum absolute atomic E-state index is 0.284. The molecular weight excluding hydrogens is 942 g/mol. The maximum Gasteiger partial charge on any atom is 0.200 e. The molecule has 0 bridgehead atoms.